The van der Waals surface area contributed by atoms with Crippen LogP contribution >= 0.6 is 22.7 Å². The van der Waals surface area contributed by atoms with E-state index in [1.807, 2.05) is 6.07 Å². The monoisotopic (exact) mass is 205 g/mol. The van der Waals surface area contributed by atoms with Gasteiger partial charge in [-0.05, 0) is 28.3 Å². The van der Waals surface area contributed by atoms with Gasteiger partial charge in [0.15, 0.2) is 0 Å². The molecule has 64 valence electrons. The first kappa shape index (κ1) is 7.35. The van der Waals surface area contributed by atoms with Crippen LogP contribution in [0.25, 0.3) is 20.2 Å². The van der Waals surface area contributed by atoms with Gasteiger partial charge in [0.25, 0.3) is 0 Å². The SMILES string of the molecule is Nc1cc2ccc3ccsc3c2s1. The van der Waals surface area contributed by atoms with Gasteiger partial charge in [0, 0.05) is 0 Å². The van der Waals surface area contributed by atoms with E-state index in [1.165, 1.54) is 20.2 Å². The average molecular weight is 205 g/mol. The Morgan fingerprint density at radius 1 is 1.00 bits per heavy atom. The first-order valence-electron chi connectivity index (χ1n) is 4.00. The molecule has 2 aromatic heterocycles. The Bertz CT molecular complexity index is 577. The highest BCUT2D eigenvalue weighted by Gasteiger charge is 2.04. The molecule has 0 aliphatic rings. The van der Waals surface area contributed by atoms with Gasteiger partial charge in [0.1, 0.15) is 0 Å². The van der Waals surface area contributed by atoms with Crippen molar-refractivity contribution in [3.63, 3.8) is 0 Å². The molecule has 0 spiro atoms. The maximum absolute atomic E-state index is 5.77. The molecule has 3 rings (SSSR count). The number of fused-ring (bicyclic) bond motifs is 3. The molecule has 0 radical (unpaired) electrons. The van der Waals surface area contributed by atoms with Crippen LogP contribution in [-0.4, -0.2) is 0 Å². The largest absolute Gasteiger partial charge is 0.391 e. The third-order valence-corrected chi connectivity index (χ3v) is 4.20. The van der Waals surface area contributed by atoms with Crippen molar-refractivity contribution in [2.75, 3.05) is 5.73 Å². The maximum atomic E-state index is 5.77. The second-order valence-corrected chi connectivity index (χ2v) is 4.97. The Labute approximate surface area is 83.4 Å². The lowest BCUT2D eigenvalue weighted by molar-refractivity contribution is 1.95. The van der Waals surface area contributed by atoms with Crippen LogP contribution in [0.1, 0.15) is 0 Å². The molecule has 3 aromatic rings. The summed E-state index contributed by atoms with van der Waals surface area (Å²) in [5.41, 5.74) is 5.77. The second-order valence-electron chi connectivity index (χ2n) is 2.97. The van der Waals surface area contributed by atoms with Gasteiger partial charge in [-0.2, -0.15) is 0 Å². The summed E-state index contributed by atoms with van der Waals surface area (Å²) in [6, 6.07) is 8.48. The third-order valence-electron chi connectivity index (χ3n) is 2.12. The van der Waals surface area contributed by atoms with E-state index < -0.39 is 0 Å². The van der Waals surface area contributed by atoms with E-state index >= 15 is 0 Å². The summed E-state index contributed by atoms with van der Waals surface area (Å²) in [5.74, 6) is 0. The summed E-state index contributed by atoms with van der Waals surface area (Å²) in [6.07, 6.45) is 0. The molecule has 0 atom stereocenters. The van der Waals surface area contributed by atoms with Gasteiger partial charge in [-0.1, -0.05) is 12.1 Å². The summed E-state index contributed by atoms with van der Waals surface area (Å²) in [7, 11) is 0. The number of thiophene rings is 2. The lowest BCUT2D eigenvalue weighted by Crippen LogP contribution is -1.72. The minimum Gasteiger partial charge on any atom is -0.391 e. The molecule has 1 nitrogen and oxygen atoms in total. The Morgan fingerprint density at radius 3 is 2.77 bits per heavy atom. The van der Waals surface area contributed by atoms with E-state index in [1.54, 1.807) is 22.7 Å². The van der Waals surface area contributed by atoms with E-state index in [4.69, 9.17) is 5.73 Å². The van der Waals surface area contributed by atoms with Crippen LogP contribution in [0, 0.1) is 0 Å². The highest BCUT2D eigenvalue weighted by Crippen LogP contribution is 2.36. The summed E-state index contributed by atoms with van der Waals surface area (Å²) in [4.78, 5) is 0. The van der Waals surface area contributed by atoms with Gasteiger partial charge in [-0.3, -0.25) is 0 Å². The fourth-order valence-electron chi connectivity index (χ4n) is 1.54. The van der Waals surface area contributed by atoms with Crippen LogP contribution in [0.3, 0.4) is 0 Å². The fraction of sp³-hybridized carbons (Fsp3) is 0. The molecule has 0 bridgehead atoms. The molecule has 0 amide bonds. The van der Waals surface area contributed by atoms with Crippen molar-refractivity contribution in [1.82, 2.24) is 0 Å². The molecular formula is C10H7NS2. The first-order chi connectivity index (χ1) is 6.34. The molecule has 2 heterocycles. The van der Waals surface area contributed by atoms with Crippen LogP contribution in [0.2, 0.25) is 0 Å². The minimum absolute atomic E-state index is 0.899. The predicted octanol–water partition coefficient (Wildman–Crippen LogP) is 3.70. The predicted molar refractivity (Wildman–Crippen MR) is 61.6 cm³/mol. The highest BCUT2D eigenvalue weighted by atomic mass is 32.1. The van der Waals surface area contributed by atoms with Crippen LogP contribution in [-0.2, 0) is 0 Å². The number of nitrogens with two attached hydrogens (primary N) is 1. The van der Waals surface area contributed by atoms with E-state index in [2.05, 4.69) is 23.6 Å². The van der Waals surface area contributed by atoms with E-state index in [9.17, 15) is 0 Å². The lowest BCUT2D eigenvalue weighted by atomic mass is 10.2. The number of anilines is 1. The van der Waals surface area contributed by atoms with Crippen molar-refractivity contribution in [3.05, 3.63) is 29.6 Å². The van der Waals surface area contributed by atoms with Crippen molar-refractivity contribution in [1.29, 1.82) is 0 Å². The average Bonchev–Trinajstić information content (AvgIpc) is 2.65. The standard InChI is InChI=1S/C10H7NS2/c11-8-5-7-2-1-6-3-4-12-9(6)10(7)13-8/h1-5H,11H2. The van der Waals surface area contributed by atoms with E-state index in [0.29, 0.717) is 0 Å². The third kappa shape index (κ3) is 0.975. The fourth-order valence-corrected chi connectivity index (χ4v) is 3.53. The Balaban J connectivity index is 2.64. The summed E-state index contributed by atoms with van der Waals surface area (Å²) < 4.78 is 2.68. The minimum atomic E-state index is 0.899. The Morgan fingerprint density at radius 2 is 1.85 bits per heavy atom. The number of nitrogen functional groups attached to an aromatic ring is 1. The summed E-state index contributed by atoms with van der Waals surface area (Å²) >= 11 is 3.46. The second kappa shape index (κ2) is 2.47. The topological polar surface area (TPSA) is 26.0 Å². The number of benzene rings is 1. The van der Waals surface area contributed by atoms with E-state index in [0.717, 1.165) is 5.00 Å². The quantitative estimate of drug-likeness (QED) is 0.595. The molecule has 3 heteroatoms. The van der Waals surface area contributed by atoms with Crippen molar-refractivity contribution < 1.29 is 0 Å². The highest BCUT2D eigenvalue weighted by molar-refractivity contribution is 7.28. The van der Waals surface area contributed by atoms with Gasteiger partial charge in [-0.25, -0.2) is 0 Å². The Hall–Kier alpha value is -1.06. The first-order valence-corrected chi connectivity index (χ1v) is 5.69. The van der Waals surface area contributed by atoms with Gasteiger partial charge < -0.3 is 5.73 Å². The molecule has 0 unspecified atom stereocenters. The molecule has 0 aliphatic carbocycles. The van der Waals surface area contributed by atoms with Gasteiger partial charge in [0.05, 0.1) is 14.4 Å². The zero-order valence-corrected chi connectivity index (χ0v) is 8.41. The van der Waals surface area contributed by atoms with Crippen LogP contribution in [0.15, 0.2) is 29.6 Å². The van der Waals surface area contributed by atoms with Crippen molar-refractivity contribution in [2.45, 2.75) is 0 Å². The normalized spacial score (nSPS) is 11.4. The van der Waals surface area contributed by atoms with Gasteiger partial charge >= 0.3 is 0 Å². The van der Waals surface area contributed by atoms with Gasteiger partial charge in [0.2, 0.25) is 0 Å². The molecule has 0 aliphatic heterocycles. The number of hydrogen-bond donors (Lipinski definition) is 1. The van der Waals surface area contributed by atoms with Crippen molar-refractivity contribution in [3.8, 4) is 0 Å². The molecule has 1 aromatic carbocycles. The maximum Gasteiger partial charge on any atom is 0.0869 e. The van der Waals surface area contributed by atoms with Crippen LogP contribution in [0.4, 0.5) is 5.00 Å². The zero-order chi connectivity index (χ0) is 8.84. The molecule has 13 heavy (non-hydrogen) atoms. The zero-order valence-electron chi connectivity index (χ0n) is 6.78. The van der Waals surface area contributed by atoms with Crippen molar-refractivity contribution >= 4 is 47.8 Å². The van der Waals surface area contributed by atoms with Crippen LogP contribution < -0.4 is 5.73 Å². The molecule has 0 fully saturated rings. The van der Waals surface area contributed by atoms with Crippen molar-refractivity contribution in [2.24, 2.45) is 0 Å². The number of rotatable bonds is 0. The molecule has 2 N–H and O–H groups in total. The Kier molecular flexibility index (Phi) is 1.39. The molecular weight excluding hydrogens is 198 g/mol. The lowest BCUT2D eigenvalue weighted by Gasteiger charge is -1.90. The number of hydrogen-bond acceptors (Lipinski definition) is 3. The molecule has 0 saturated heterocycles. The molecule has 0 saturated carbocycles. The van der Waals surface area contributed by atoms with E-state index in [-0.39, 0.29) is 0 Å². The summed E-state index contributed by atoms with van der Waals surface area (Å²) in [6.45, 7) is 0. The van der Waals surface area contributed by atoms with Gasteiger partial charge in [-0.15, -0.1) is 22.7 Å². The van der Waals surface area contributed by atoms with Crippen LogP contribution in [0.5, 0.6) is 0 Å². The smallest absolute Gasteiger partial charge is 0.0869 e. The summed E-state index contributed by atoms with van der Waals surface area (Å²) in [5, 5.41) is 5.60.